The fourth-order valence-electron chi connectivity index (χ4n) is 3.16. The molecule has 2 saturated heterocycles. The number of ether oxygens (including phenoxy) is 1. The van der Waals surface area contributed by atoms with Crippen molar-refractivity contribution in [2.45, 2.75) is 38.5 Å². The smallest absolute Gasteiger partial charge is 0.241 e. The topological polar surface area (TPSA) is 41.6 Å². The second-order valence-corrected chi connectivity index (χ2v) is 6.08. The number of hydrogen-bond acceptors (Lipinski definition) is 3. The maximum absolute atomic E-state index is 14.1. The monoisotopic (exact) mass is 292 g/mol. The van der Waals surface area contributed by atoms with Crippen LogP contribution < -0.4 is 5.32 Å². The molecule has 3 rings (SSSR count). The first-order valence-electron chi connectivity index (χ1n) is 7.50. The molecule has 1 aromatic carbocycles. The van der Waals surface area contributed by atoms with E-state index in [1.54, 1.807) is 23.1 Å². The average molecular weight is 292 g/mol. The van der Waals surface area contributed by atoms with Gasteiger partial charge in [0, 0.05) is 12.2 Å². The third kappa shape index (κ3) is 2.56. The van der Waals surface area contributed by atoms with Gasteiger partial charge in [0.05, 0.1) is 18.7 Å². The van der Waals surface area contributed by atoms with Gasteiger partial charge in [-0.25, -0.2) is 4.39 Å². The Bertz CT molecular complexity index is 529. The Labute approximate surface area is 124 Å². The molecule has 0 aliphatic carbocycles. The van der Waals surface area contributed by atoms with E-state index in [9.17, 15) is 9.18 Å². The SMILES string of the molecule is CC(C)C1NC(c2ccccc2F)N(C2CCOC2)C1=O. The number of nitrogens with zero attached hydrogens (tertiary/aromatic N) is 1. The van der Waals surface area contributed by atoms with Crippen molar-refractivity contribution in [2.75, 3.05) is 13.2 Å². The molecule has 1 N–H and O–H groups in total. The second kappa shape index (κ2) is 5.73. The molecule has 0 aromatic heterocycles. The molecule has 0 radical (unpaired) electrons. The Balaban J connectivity index is 1.96. The number of benzene rings is 1. The maximum Gasteiger partial charge on any atom is 0.241 e. The molecule has 2 aliphatic heterocycles. The van der Waals surface area contributed by atoms with Gasteiger partial charge in [0.2, 0.25) is 5.91 Å². The van der Waals surface area contributed by atoms with Crippen molar-refractivity contribution in [1.82, 2.24) is 10.2 Å². The third-order valence-corrected chi connectivity index (χ3v) is 4.30. The van der Waals surface area contributed by atoms with E-state index in [1.165, 1.54) is 6.07 Å². The zero-order valence-electron chi connectivity index (χ0n) is 12.4. The lowest BCUT2D eigenvalue weighted by atomic mass is 10.0. The fourth-order valence-corrected chi connectivity index (χ4v) is 3.16. The molecule has 5 heteroatoms. The number of carbonyl (C=O) groups is 1. The molecule has 21 heavy (non-hydrogen) atoms. The lowest BCUT2D eigenvalue weighted by Crippen LogP contribution is -2.41. The lowest BCUT2D eigenvalue weighted by Gasteiger charge is -2.29. The third-order valence-electron chi connectivity index (χ3n) is 4.30. The molecule has 0 bridgehead atoms. The molecule has 2 aliphatic rings. The van der Waals surface area contributed by atoms with Gasteiger partial charge in [-0.3, -0.25) is 10.1 Å². The molecule has 2 fully saturated rings. The van der Waals surface area contributed by atoms with E-state index < -0.39 is 6.17 Å². The highest BCUT2D eigenvalue weighted by Crippen LogP contribution is 2.33. The highest BCUT2D eigenvalue weighted by molar-refractivity contribution is 5.85. The number of hydrogen-bond donors (Lipinski definition) is 1. The van der Waals surface area contributed by atoms with Crippen molar-refractivity contribution >= 4 is 5.91 Å². The van der Waals surface area contributed by atoms with Gasteiger partial charge < -0.3 is 9.64 Å². The Kier molecular flexibility index (Phi) is 3.95. The molecule has 1 amide bonds. The summed E-state index contributed by atoms with van der Waals surface area (Å²) in [4.78, 5) is 14.5. The summed E-state index contributed by atoms with van der Waals surface area (Å²) in [6.07, 6.45) is 0.404. The van der Waals surface area contributed by atoms with Crippen LogP contribution in [-0.2, 0) is 9.53 Å². The van der Waals surface area contributed by atoms with Crippen LogP contribution in [0.25, 0.3) is 0 Å². The van der Waals surface area contributed by atoms with Crippen molar-refractivity contribution in [3.05, 3.63) is 35.6 Å². The zero-order chi connectivity index (χ0) is 15.0. The van der Waals surface area contributed by atoms with Crippen molar-refractivity contribution in [3.63, 3.8) is 0 Å². The summed E-state index contributed by atoms with van der Waals surface area (Å²) in [5, 5.41) is 3.31. The lowest BCUT2D eigenvalue weighted by molar-refractivity contribution is -0.133. The molecular formula is C16H21FN2O2. The summed E-state index contributed by atoms with van der Waals surface area (Å²) in [7, 11) is 0. The number of carbonyl (C=O) groups excluding carboxylic acids is 1. The molecule has 114 valence electrons. The number of rotatable bonds is 3. The number of amides is 1. The van der Waals surface area contributed by atoms with Crippen LogP contribution in [0.5, 0.6) is 0 Å². The van der Waals surface area contributed by atoms with Gasteiger partial charge >= 0.3 is 0 Å². The Morgan fingerprint density at radius 3 is 2.76 bits per heavy atom. The molecule has 4 nitrogen and oxygen atoms in total. The Morgan fingerprint density at radius 1 is 1.38 bits per heavy atom. The highest BCUT2D eigenvalue weighted by Gasteiger charge is 2.45. The largest absolute Gasteiger partial charge is 0.379 e. The van der Waals surface area contributed by atoms with Crippen molar-refractivity contribution < 1.29 is 13.9 Å². The number of nitrogens with one attached hydrogen (secondary N) is 1. The molecule has 3 unspecified atom stereocenters. The van der Waals surface area contributed by atoms with E-state index in [0.29, 0.717) is 18.8 Å². The van der Waals surface area contributed by atoms with Crippen LogP contribution >= 0.6 is 0 Å². The van der Waals surface area contributed by atoms with Crippen LogP contribution in [0.4, 0.5) is 4.39 Å². The minimum absolute atomic E-state index is 0.0263. The Morgan fingerprint density at radius 2 is 2.14 bits per heavy atom. The van der Waals surface area contributed by atoms with Gasteiger partial charge in [0.25, 0.3) is 0 Å². The van der Waals surface area contributed by atoms with Crippen LogP contribution in [0.3, 0.4) is 0 Å². The van der Waals surface area contributed by atoms with E-state index in [2.05, 4.69) is 5.32 Å². The van der Waals surface area contributed by atoms with Gasteiger partial charge in [0.1, 0.15) is 12.0 Å². The van der Waals surface area contributed by atoms with Gasteiger partial charge in [-0.15, -0.1) is 0 Å². The van der Waals surface area contributed by atoms with Crippen LogP contribution in [0.15, 0.2) is 24.3 Å². The molecule has 1 aromatic rings. The maximum atomic E-state index is 14.1. The molecular weight excluding hydrogens is 271 g/mol. The van der Waals surface area contributed by atoms with Gasteiger partial charge in [-0.05, 0) is 18.4 Å². The summed E-state index contributed by atoms with van der Waals surface area (Å²) < 4.78 is 19.6. The molecule has 2 heterocycles. The Hall–Kier alpha value is -1.46. The van der Waals surface area contributed by atoms with Gasteiger partial charge in [-0.2, -0.15) is 0 Å². The first kappa shape index (κ1) is 14.5. The quantitative estimate of drug-likeness (QED) is 0.927. The van der Waals surface area contributed by atoms with E-state index in [-0.39, 0.29) is 29.7 Å². The van der Waals surface area contributed by atoms with Crippen molar-refractivity contribution in [2.24, 2.45) is 5.92 Å². The summed E-state index contributed by atoms with van der Waals surface area (Å²) in [6, 6.07) is 6.41. The molecule has 3 atom stereocenters. The summed E-state index contributed by atoms with van der Waals surface area (Å²) in [5.74, 6) is -0.0658. The predicted octanol–water partition coefficient (Wildman–Crippen LogP) is 2.07. The minimum atomic E-state index is -0.405. The highest BCUT2D eigenvalue weighted by atomic mass is 19.1. The van der Waals surface area contributed by atoms with Crippen molar-refractivity contribution in [3.8, 4) is 0 Å². The molecule has 0 spiro atoms. The first-order chi connectivity index (χ1) is 10.1. The predicted molar refractivity (Wildman–Crippen MR) is 77.0 cm³/mol. The van der Waals surface area contributed by atoms with Crippen molar-refractivity contribution in [1.29, 1.82) is 0 Å². The molecule has 0 saturated carbocycles. The average Bonchev–Trinajstić information content (AvgIpc) is 3.06. The van der Waals surface area contributed by atoms with Gasteiger partial charge in [0.15, 0.2) is 0 Å². The number of halogens is 1. The van der Waals surface area contributed by atoms with Crippen LogP contribution in [0.2, 0.25) is 0 Å². The van der Waals surface area contributed by atoms with Crippen LogP contribution in [0.1, 0.15) is 32.0 Å². The fraction of sp³-hybridized carbons (Fsp3) is 0.562. The standard InChI is InChI=1S/C16H21FN2O2/c1-10(2)14-16(20)19(11-7-8-21-9-11)15(18-14)12-5-3-4-6-13(12)17/h3-6,10-11,14-15,18H,7-9H2,1-2H3. The normalized spacial score (nSPS) is 29.6. The van der Waals surface area contributed by atoms with E-state index >= 15 is 0 Å². The minimum Gasteiger partial charge on any atom is -0.379 e. The summed E-state index contributed by atoms with van der Waals surface area (Å²) >= 11 is 0. The van der Waals surface area contributed by atoms with E-state index in [0.717, 1.165) is 6.42 Å². The van der Waals surface area contributed by atoms with Crippen LogP contribution in [-0.4, -0.2) is 36.1 Å². The zero-order valence-corrected chi connectivity index (χ0v) is 12.4. The summed E-state index contributed by atoms with van der Waals surface area (Å²) in [6.45, 7) is 5.19. The van der Waals surface area contributed by atoms with E-state index in [4.69, 9.17) is 4.74 Å². The van der Waals surface area contributed by atoms with E-state index in [1.807, 2.05) is 13.8 Å². The second-order valence-electron chi connectivity index (χ2n) is 6.08. The summed E-state index contributed by atoms with van der Waals surface area (Å²) in [5.41, 5.74) is 0.529. The van der Waals surface area contributed by atoms with Crippen LogP contribution in [0, 0.1) is 11.7 Å². The first-order valence-corrected chi connectivity index (χ1v) is 7.50. The van der Waals surface area contributed by atoms with Gasteiger partial charge in [-0.1, -0.05) is 32.0 Å².